The molecular formula is C21H22FN5O. The van der Waals surface area contributed by atoms with Crippen molar-refractivity contribution >= 4 is 5.82 Å². The van der Waals surface area contributed by atoms with E-state index in [-0.39, 0.29) is 17.8 Å². The molecular weight excluding hydrogens is 357 g/mol. The van der Waals surface area contributed by atoms with E-state index in [4.69, 9.17) is 15.6 Å². The average molecular weight is 379 g/mol. The third-order valence-electron chi connectivity index (χ3n) is 5.83. The van der Waals surface area contributed by atoms with Crippen LogP contribution in [0.2, 0.25) is 0 Å². The Labute approximate surface area is 162 Å². The molecule has 0 radical (unpaired) electrons. The quantitative estimate of drug-likeness (QED) is 0.729. The highest BCUT2D eigenvalue weighted by molar-refractivity contribution is 5.64. The molecule has 1 unspecified atom stereocenters. The van der Waals surface area contributed by atoms with E-state index in [1.807, 2.05) is 12.1 Å². The number of hydrogen-bond donors (Lipinski definition) is 2. The van der Waals surface area contributed by atoms with Crippen molar-refractivity contribution in [2.75, 3.05) is 18.8 Å². The van der Waals surface area contributed by atoms with Crippen molar-refractivity contribution in [1.82, 2.24) is 20.1 Å². The van der Waals surface area contributed by atoms with E-state index in [0.717, 1.165) is 49.3 Å². The van der Waals surface area contributed by atoms with E-state index in [0.29, 0.717) is 11.6 Å². The smallest absolute Gasteiger partial charge is 0.166 e. The number of nitrogens with zero attached hydrogens (tertiary/aromatic N) is 3. The number of nitrogen functional groups attached to an aromatic ring is 1. The molecule has 3 N–H and O–H groups in total. The van der Waals surface area contributed by atoms with Crippen LogP contribution >= 0.6 is 0 Å². The summed E-state index contributed by atoms with van der Waals surface area (Å²) in [6.45, 7) is 3.24. The summed E-state index contributed by atoms with van der Waals surface area (Å²) in [7, 11) is 0. The van der Waals surface area contributed by atoms with E-state index in [2.05, 4.69) is 21.0 Å². The third-order valence-corrected chi connectivity index (χ3v) is 5.83. The minimum absolute atomic E-state index is 0.212. The summed E-state index contributed by atoms with van der Waals surface area (Å²) in [4.78, 5) is 4.27. The minimum Gasteiger partial charge on any atom is -0.485 e. The first-order valence-corrected chi connectivity index (χ1v) is 9.55. The van der Waals surface area contributed by atoms with Crippen molar-refractivity contribution in [3.8, 4) is 17.0 Å². The number of anilines is 1. The summed E-state index contributed by atoms with van der Waals surface area (Å²) in [6.07, 6.45) is 4.02. The van der Waals surface area contributed by atoms with Crippen molar-refractivity contribution in [3.05, 3.63) is 59.7 Å². The monoisotopic (exact) mass is 379 g/mol. The van der Waals surface area contributed by atoms with Crippen LogP contribution in [0.3, 0.4) is 0 Å². The van der Waals surface area contributed by atoms with Crippen LogP contribution in [0.15, 0.2) is 42.6 Å². The van der Waals surface area contributed by atoms with Gasteiger partial charge >= 0.3 is 0 Å². The number of benzene rings is 1. The minimum atomic E-state index is -0.288. The zero-order valence-electron chi connectivity index (χ0n) is 15.5. The molecule has 0 saturated carbocycles. The van der Waals surface area contributed by atoms with Crippen molar-refractivity contribution in [3.63, 3.8) is 0 Å². The average Bonchev–Trinajstić information content (AvgIpc) is 3.40. The highest BCUT2D eigenvalue weighted by Gasteiger charge is 2.42. The zero-order valence-corrected chi connectivity index (χ0v) is 15.5. The predicted molar refractivity (Wildman–Crippen MR) is 104 cm³/mol. The SMILES string of the molecule is Nc1ncc(-c2cc3n(n2)CCC32CCNC2)cc1OCc1cccc(F)c1. The Kier molecular flexibility index (Phi) is 4.05. The molecule has 1 saturated heterocycles. The van der Waals surface area contributed by atoms with Crippen LogP contribution in [0.1, 0.15) is 24.1 Å². The number of fused-ring (bicyclic) bond motifs is 2. The van der Waals surface area contributed by atoms with Crippen LogP contribution in [-0.4, -0.2) is 27.9 Å². The molecule has 2 aliphatic heterocycles. The van der Waals surface area contributed by atoms with E-state index >= 15 is 0 Å². The molecule has 1 spiro atoms. The third kappa shape index (κ3) is 2.92. The molecule has 4 heterocycles. The molecule has 3 aromatic rings. The Balaban J connectivity index is 1.40. The van der Waals surface area contributed by atoms with Crippen LogP contribution in [0.4, 0.5) is 10.2 Å². The normalized spacial score (nSPS) is 20.6. The molecule has 144 valence electrons. The van der Waals surface area contributed by atoms with Gasteiger partial charge in [-0.05, 0) is 49.2 Å². The molecule has 6 nitrogen and oxygen atoms in total. The highest BCUT2D eigenvalue weighted by atomic mass is 19.1. The maximum absolute atomic E-state index is 13.4. The molecule has 0 bridgehead atoms. The maximum Gasteiger partial charge on any atom is 0.166 e. The van der Waals surface area contributed by atoms with Gasteiger partial charge in [0.25, 0.3) is 0 Å². The van der Waals surface area contributed by atoms with Gasteiger partial charge in [0.05, 0.1) is 5.69 Å². The van der Waals surface area contributed by atoms with Crippen LogP contribution in [0.25, 0.3) is 11.3 Å². The summed E-state index contributed by atoms with van der Waals surface area (Å²) >= 11 is 0. The van der Waals surface area contributed by atoms with E-state index < -0.39 is 0 Å². The van der Waals surface area contributed by atoms with Gasteiger partial charge in [-0.2, -0.15) is 5.10 Å². The summed E-state index contributed by atoms with van der Waals surface area (Å²) in [5.74, 6) is 0.499. The molecule has 1 atom stereocenters. The molecule has 0 aliphatic carbocycles. The van der Waals surface area contributed by atoms with Crippen LogP contribution in [-0.2, 0) is 18.6 Å². The van der Waals surface area contributed by atoms with E-state index in [1.54, 1.807) is 12.3 Å². The van der Waals surface area contributed by atoms with Crippen LogP contribution < -0.4 is 15.8 Å². The molecule has 28 heavy (non-hydrogen) atoms. The van der Waals surface area contributed by atoms with Crippen molar-refractivity contribution in [1.29, 1.82) is 0 Å². The highest BCUT2D eigenvalue weighted by Crippen LogP contribution is 2.41. The lowest BCUT2D eigenvalue weighted by Gasteiger charge is -2.20. The van der Waals surface area contributed by atoms with Gasteiger partial charge in [0.2, 0.25) is 0 Å². The van der Waals surface area contributed by atoms with Crippen molar-refractivity contribution < 1.29 is 9.13 Å². The van der Waals surface area contributed by atoms with Gasteiger partial charge in [-0.25, -0.2) is 9.37 Å². The lowest BCUT2D eigenvalue weighted by molar-refractivity contribution is 0.306. The summed E-state index contributed by atoms with van der Waals surface area (Å²) in [5.41, 5.74) is 9.98. The maximum atomic E-state index is 13.4. The van der Waals surface area contributed by atoms with Crippen LogP contribution in [0, 0.1) is 5.82 Å². The molecule has 2 aliphatic rings. The standard InChI is InChI=1S/C21H22FN5O/c22-16-3-1-2-14(8-16)12-28-18-9-15(11-25-20(18)23)17-10-19-21(4-6-24-13-21)5-7-27(19)26-17/h1-3,8-11,24H,4-7,12-13H2,(H2,23,25). The Morgan fingerprint density at radius 2 is 2.18 bits per heavy atom. The fourth-order valence-corrected chi connectivity index (χ4v) is 4.28. The number of hydrogen-bond acceptors (Lipinski definition) is 5. The van der Waals surface area contributed by atoms with Crippen LogP contribution in [0.5, 0.6) is 5.75 Å². The Hall–Kier alpha value is -2.93. The number of pyridine rings is 1. The van der Waals surface area contributed by atoms with Gasteiger partial charge < -0.3 is 15.8 Å². The molecule has 2 aromatic heterocycles. The number of rotatable bonds is 4. The second kappa shape index (κ2) is 6.60. The fourth-order valence-electron chi connectivity index (χ4n) is 4.28. The fraction of sp³-hybridized carbons (Fsp3) is 0.333. The second-order valence-electron chi connectivity index (χ2n) is 7.62. The Morgan fingerprint density at radius 1 is 1.25 bits per heavy atom. The lowest BCUT2D eigenvalue weighted by atomic mass is 9.82. The zero-order chi connectivity index (χ0) is 19.1. The Bertz CT molecular complexity index is 1030. The first kappa shape index (κ1) is 17.2. The topological polar surface area (TPSA) is 78.0 Å². The number of aromatic nitrogens is 3. The van der Waals surface area contributed by atoms with Gasteiger partial charge in [-0.3, -0.25) is 4.68 Å². The van der Waals surface area contributed by atoms with Crippen molar-refractivity contribution in [2.45, 2.75) is 31.4 Å². The number of nitrogens with one attached hydrogen (secondary N) is 1. The molecule has 0 amide bonds. The summed E-state index contributed by atoms with van der Waals surface area (Å²) < 4.78 is 21.3. The predicted octanol–water partition coefficient (Wildman–Crippen LogP) is 2.88. The lowest BCUT2D eigenvalue weighted by Crippen LogP contribution is -2.25. The largest absolute Gasteiger partial charge is 0.485 e. The van der Waals surface area contributed by atoms with Gasteiger partial charge in [-0.15, -0.1) is 0 Å². The number of halogens is 1. The van der Waals surface area contributed by atoms with Gasteiger partial charge in [0.15, 0.2) is 11.6 Å². The van der Waals surface area contributed by atoms with Gasteiger partial charge in [0, 0.05) is 36.0 Å². The summed E-state index contributed by atoms with van der Waals surface area (Å²) in [5, 5.41) is 8.26. The second-order valence-corrected chi connectivity index (χ2v) is 7.62. The van der Waals surface area contributed by atoms with Gasteiger partial charge in [-0.1, -0.05) is 12.1 Å². The first-order valence-electron chi connectivity index (χ1n) is 9.55. The first-order chi connectivity index (χ1) is 13.6. The van der Waals surface area contributed by atoms with Gasteiger partial charge in [0.1, 0.15) is 12.4 Å². The molecule has 7 heteroatoms. The van der Waals surface area contributed by atoms with E-state index in [9.17, 15) is 4.39 Å². The number of nitrogens with two attached hydrogens (primary N) is 1. The molecule has 1 aromatic carbocycles. The van der Waals surface area contributed by atoms with Crippen molar-refractivity contribution in [2.24, 2.45) is 0 Å². The molecule has 5 rings (SSSR count). The van der Waals surface area contributed by atoms with E-state index in [1.165, 1.54) is 17.8 Å². The Morgan fingerprint density at radius 3 is 3.00 bits per heavy atom. The number of aryl methyl sites for hydroxylation is 1. The summed E-state index contributed by atoms with van der Waals surface area (Å²) in [6, 6.07) is 10.4. The molecule has 1 fully saturated rings. The number of ether oxygens (including phenoxy) is 1.